The maximum Gasteiger partial charge on any atom is 0.239 e. The van der Waals surface area contributed by atoms with Crippen molar-refractivity contribution in [3.63, 3.8) is 0 Å². The van der Waals surface area contributed by atoms with Crippen LogP contribution in [0.2, 0.25) is 5.02 Å². The largest absolute Gasteiger partial charge is 0.507 e. The fourth-order valence-electron chi connectivity index (χ4n) is 2.16. The molecule has 3 rings (SSSR count). The van der Waals surface area contributed by atoms with E-state index < -0.39 is 0 Å². The SMILES string of the molecule is O=C1NC(=NN=Cc2ccccc2O)SC1Cc1ccc(Cl)cc1. The molecule has 0 saturated carbocycles. The van der Waals surface area contributed by atoms with Crippen molar-refractivity contribution in [1.82, 2.24) is 5.32 Å². The van der Waals surface area contributed by atoms with Crippen molar-refractivity contribution in [1.29, 1.82) is 0 Å². The van der Waals surface area contributed by atoms with Gasteiger partial charge in [0.2, 0.25) is 5.91 Å². The van der Waals surface area contributed by atoms with Crippen LogP contribution in [0.15, 0.2) is 58.7 Å². The zero-order valence-electron chi connectivity index (χ0n) is 12.5. The second-order valence-corrected chi connectivity index (χ2v) is 6.76. The summed E-state index contributed by atoms with van der Waals surface area (Å²) in [5, 5.41) is 21.2. The summed E-state index contributed by atoms with van der Waals surface area (Å²) in [4.78, 5) is 12.0. The summed E-state index contributed by atoms with van der Waals surface area (Å²) in [5.41, 5.74) is 1.60. The van der Waals surface area contributed by atoms with Crippen molar-refractivity contribution in [3.8, 4) is 5.75 Å². The summed E-state index contributed by atoms with van der Waals surface area (Å²) in [6.07, 6.45) is 2.04. The zero-order valence-corrected chi connectivity index (χ0v) is 14.1. The highest BCUT2D eigenvalue weighted by atomic mass is 35.5. The van der Waals surface area contributed by atoms with Crippen LogP contribution < -0.4 is 5.32 Å². The van der Waals surface area contributed by atoms with Crippen LogP contribution in [-0.4, -0.2) is 27.6 Å². The molecule has 7 heteroatoms. The molecule has 0 radical (unpaired) electrons. The number of amides is 1. The summed E-state index contributed by atoms with van der Waals surface area (Å²) in [7, 11) is 0. The number of phenolic OH excluding ortho intramolecular Hbond substituents is 1. The van der Waals surface area contributed by atoms with Gasteiger partial charge < -0.3 is 10.4 Å². The maximum absolute atomic E-state index is 12.0. The van der Waals surface area contributed by atoms with Crippen LogP contribution in [0.5, 0.6) is 5.75 Å². The Morgan fingerprint density at radius 1 is 1.21 bits per heavy atom. The number of amidine groups is 1. The summed E-state index contributed by atoms with van der Waals surface area (Å²) >= 11 is 7.20. The summed E-state index contributed by atoms with van der Waals surface area (Å²) in [5.74, 6) is 0.0385. The van der Waals surface area contributed by atoms with Crippen LogP contribution in [0, 0.1) is 0 Å². The molecule has 2 aromatic carbocycles. The van der Waals surface area contributed by atoms with Crippen LogP contribution in [0.1, 0.15) is 11.1 Å². The molecule has 1 aliphatic rings. The fraction of sp³-hybridized carbons (Fsp3) is 0.118. The van der Waals surface area contributed by atoms with Gasteiger partial charge in [-0.3, -0.25) is 4.79 Å². The summed E-state index contributed by atoms with van der Waals surface area (Å²) in [6, 6.07) is 14.2. The van der Waals surface area contributed by atoms with Gasteiger partial charge in [0.1, 0.15) is 5.75 Å². The van der Waals surface area contributed by atoms with Crippen molar-refractivity contribution in [2.24, 2.45) is 10.2 Å². The Hall–Kier alpha value is -2.31. The number of para-hydroxylation sites is 1. The number of hydrogen-bond donors (Lipinski definition) is 2. The van der Waals surface area contributed by atoms with Crippen LogP contribution in [0.3, 0.4) is 0 Å². The lowest BCUT2D eigenvalue weighted by molar-refractivity contribution is -0.118. The van der Waals surface area contributed by atoms with Crippen molar-refractivity contribution in [3.05, 3.63) is 64.7 Å². The Kier molecular flexibility index (Phi) is 5.17. The molecule has 1 unspecified atom stereocenters. The molecular weight excluding hydrogens is 346 g/mol. The Balaban J connectivity index is 1.63. The summed E-state index contributed by atoms with van der Waals surface area (Å²) in [6.45, 7) is 0. The molecule has 24 heavy (non-hydrogen) atoms. The number of hydrogen-bond acceptors (Lipinski definition) is 5. The second kappa shape index (κ2) is 7.51. The first-order chi connectivity index (χ1) is 11.6. The Labute approximate surface area is 148 Å². The first-order valence-corrected chi connectivity index (χ1v) is 8.48. The average Bonchev–Trinajstić information content (AvgIpc) is 2.91. The smallest absolute Gasteiger partial charge is 0.239 e. The number of phenols is 1. The quantitative estimate of drug-likeness (QED) is 0.650. The molecule has 0 aliphatic carbocycles. The van der Waals surface area contributed by atoms with Gasteiger partial charge in [0.05, 0.1) is 11.5 Å². The number of carbonyl (C=O) groups is 1. The molecule has 1 saturated heterocycles. The molecule has 1 fully saturated rings. The van der Waals surface area contributed by atoms with Crippen LogP contribution in [0.25, 0.3) is 0 Å². The van der Waals surface area contributed by atoms with Crippen molar-refractivity contribution in [2.45, 2.75) is 11.7 Å². The third-order valence-corrected chi connectivity index (χ3v) is 4.72. The van der Waals surface area contributed by atoms with E-state index in [1.165, 1.54) is 18.0 Å². The molecule has 1 heterocycles. The maximum atomic E-state index is 12.0. The topological polar surface area (TPSA) is 74.0 Å². The predicted molar refractivity (Wildman–Crippen MR) is 97.8 cm³/mol. The van der Waals surface area contributed by atoms with E-state index in [-0.39, 0.29) is 16.9 Å². The van der Waals surface area contributed by atoms with Gasteiger partial charge in [0.15, 0.2) is 5.17 Å². The third-order valence-electron chi connectivity index (χ3n) is 3.39. The molecule has 2 aromatic rings. The van der Waals surface area contributed by atoms with E-state index in [9.17, 15) is 9.90 Å². The number of benzene rings is 2. The molecule has 0 aromatic heterocycles. The highest BCUT2D eigenvalue weighted by Gasteiger charge is 2.30. The zero-order chi connectivity index (χ0) is 16.9. The first kappa shape index (κ1) is 16.5. The second-order valence-electron chi connectivity index (χ2n) is 5.13. The van der Waals surface area contributed by atoms with Crippen molar-refractivity contribution in [2.75, 3.05) is 0 Å². The van der Waals surface area contributed by atoms with Crippen LogP contribution >= 0.6 is 23.4 Å². The number of aromatic hydroxyl groups is 1. The van der Waals surface area contributed by atoms with E-state index >= 15 is 0 Å². The molecule has 122 valence electrons. The van der Waals surface area contributed by atoms with Gasteiger partial charge in [0.25, 0.3) is 0 Å². The van der Waals surface area contributed by atoms with Crippen LogP contribution in [-0.2, 0) is 11.2 Å². The number of rotatable bonds is 4. The molecule has 2 N–H and O–H groups in total. The van der Waals surface area contributed by atoms with Gasteiger partial charge in [-0.05, 0) is 36.2 Å². The van der Waals surface area contributed by atoms with Gasteiger partial charge in [0, 0.05) is 10.6 Å². The predicted octanol–water partition coefficient (Wildman–Crippen LogP) is 3.21. The van der Waals surface area contributed by atoms with E-state index in [0.29, 0.717) is 22.2 Å². The lowest BCUT2D eigenvalue weighted by Crippen LogP contribution is -2.25. The number of thioether (sulfide) groups is 1. The van der Waals surface area contributed by atoms with Crippen LogP contribution in [0.4, 0.5) is 0 Å². The number of halogens is 1. The lowest BCUT2D eigenvalue weighted by atomic mass is 10.1. The number of nitrogens with one attached hydrogen (secondary N) is 1. The van der Waals surface area contributed by atoms with E-state index in [1.807, 2.05) is 12.1 Å². The lowest BCUT2D eigenvalue weighted by Gasteiger charge is -2.05. The third kappa shape index (κ3) is 4.15. The molecule has 1 atom stereocenters. The molecule has 1 amide bonds. The molecule has 0 spiro atoms. The highest BCUT2D eigenvalue weighted by molar-refractivity contribution is 8.15. The Bertz CT molecular complexity index is 806. The summed E-state index contributed by atoms with van der Waals surface area (Å²) < 4.78 is 0. The van der Waals surface area contributed by atoms with E-state index in [2.05, 4.69) is 15.5 Å². The minimum absolute atomic E-state index is 0.0912. The minimum atomic E-state index is -0.245. The molecular formula is C17H14ClN3O2S. The van der Waals surface area contributed by atoms with Crippen molar-refractivity contribution < 1.29 is 9.90 Å². The standard InChI is InChI=1S/C17H14ClN3O2S/c18-13-7-5-11(6-8-13)9-15-16(23)20-17(24-15)21-19-10-12-3-1-2-4-14(12)22/h1-8,10,15,22H,9H2,(H,20,21,23). The van der Waals surface area contributed by atoms with Gasteiger partial charge in [-0.2, -0.15) is 5.10 Å². The van der Waals surface area contributed by atoms with Gasteiger partial charge in [-0.1, -0.05) is 47.6 Å². The fourth-order valence-corrected chi connectivity index (χ4v) is 3.25. The average molecular weight is 360 g/mol. The van der Waals surface area contributed by atoms with E-state index in [1.54, 1.807) is 36.4 Å². The molecule has 1 aliphatic heterocycles. The first-order valence-electron chi connectivity index (χ1n) is 7.23. The van der Waals surface area contributed by atoms with Crippen molar-refractivity contribution >= 4 is 40.7 Å². The van der Waals surface area contributed by atoms with Gasteiger partial charge in [-0.25, -0.2) is 0 Å². The Morgan fingerprint density at radius 3 is 2.71 bits per heavy atom. The Morgan fingerprint density at radius 2 is 1.96 bits per heavy atom. The van der Waals surface area contributed by atoms with E-state index in [0.717, 1.165) is 5.56 Å². The van der Waals surface area contributed by atoms with E-state index in [4.69, 9.17) is 11.6 Å². The minimum Gasteiger partial charge on any atom is -0.507 e. The normalized spacial score (nSPS) is 19.1. The highest BCUT2D eigenvalue weighted by Crippen LogP contribution is 2.24. The van der Waals surface area contributed by atoms with Gasteiger partial charge in [-0.15, -0.1) is 5.10 Å². The monoisotopic (exact) mass is 359 g/mol. The van der Waals surface area contributed by atoms with Gasteiger partial charge >= 0.3 is 0 Å². The number of carbonyl (C=O) groups excluding carboxylic acids is 1. The molecule has 0 bridgehead atoms. The molecule has 5 nitrogen and oxygen atoms in total. The number of nitrogens with zero attached hydrogens (tertiary/aromatic N) is 2.